The molecule has 2 rings (SSSR count). The largest absolute Gasteiger partial charge is 0.486 e. The number of primary sulfonamides is 1. The SMILES string of the molecule is NS(=O)(=O)c1cc(Br)cc(Cl)c1OCc1ccc(I)cc1. The van der Waals surface area contributed by atoms with Gasteiger partial charge in [-0.25, -0.2) is 13.6 Å². The van der Waals surface area contributed by atoms with Crippen LogP contribution in [0.5, 0.6) is 5.75 Å². The van der Waals surface area contributed by atoms with E-state index in [0.29, 0.717) is 4.47 Å². The Hall–Kier alpha value is -0.350. The molecule has 0 aliphatic rings. The van der Waals surface area contributed by atoms with Crippen molar-refractivity contribution in [2.24, 2.45) is 5.14 Å². The Morgan fingerprint density at radius 2 is 1.86 bits per heavy atom. The van der Waals surface area contributed by atoms with Crippen LogP contribution in [0.25, 0.3) is 0 Å². The summed E-state index contributed by atoms with van der Waals surface area (Å²) in [6.45, 7) is 0.195. The van der Waals surface area contributed by atoms with Gasteiger partial charge in [0.25, 0.3) is 0 Å². The quantitative estimate of drug-likeness (QED) is 0.645. The van der Waals surface area contributed by atoms with Gasteiger partial charge < -0.3 is 4.74 Å². The third-order valence-corrected chi connectivity index (χ3v) is 4.95. The van der Waals surface area contributed by atoms with E-state index >= 15 is 0 Å². The molecule has 2 N–H and O–H groups in total. The second-order valence-electron chi connectivity index (χ2n) is 4.18. The highest BCUT2D eigenvalue weighted by atomic mass is 127. The van der Waals surface area contributed by atoms with E-state index in [1.807, 2.05) is 24.3 Å². The first kappa shape index (κ1) is 17.0. The second kappa shape index (κ2) is 6.82. The van der Waals surface area contributed by atoms with Gasteiger partial charge in [0.2, 0.25) is 10.0 Å². The molecule has 0 radical (unpaired) electrons. The summed E-state index contributed by atoms with van der Waals surface area (Å²) in [5.74, 6) is 0.0564. The van der Waals surface area contributed by atoms with Crippen molar-refractivity contribution in [1.29, 1.82) is 0 Å². The van der Waals surface area contributed by atoms with Gasteiger partial charge >= 0.3 is 0 Å². The van der Waals surface area contributed by atoms with E-state index in [9.17, 15) is 8.42 Å². The zero-order valence-corrected chi connectivity index (χ0v) is 15.8. The average molecular weight is 503 g/mol. The summed E-state index contributed by atoms with van der Waals surface area (Å²) in [6.07, 6.45) is 0. The van der Waals surface area contributed by atoms with Crippen LogP contribution < -0.4 is 9.88 Å². The summed E-state index contributed by atoms with van der Waals surface area (Å²) in [7, 11) is -3.93. The van der Waals surface area contributed by atoms with Crippen LogP contribution in [-0.2, 0) is 16.6 Å². The Labute approximate surface area is 150 Å². The zero-order valence-electron chi connectivity index (χ0n) is 10.5. The molecule has 21 heavy (non-hydrogen) atoms. The average Bonchev–Trinajstić information content (AvgIpc) is 2.38. The predicted molar refractivity (Wildman–Crippen MR) is 94.0 cm³/mol. The van der Waals surface area contributed by atoms with Crippen molar-refractivity contribution in [3.63, 3.8) is 0 Å². The van der Waals surface area contributed by atoms with Crippen molar-refractivity contribution in [1.82, 2.24) is 0 Å². The lowest BCUT2D eigenvalue weighted by Crippen LogP contribution is -2.14. The highest BCUT2D eigenvalue weighted by Crippen LogP contribution is 2.35. The van der Waals surface area contributed by atoms with Crippen molar-refractivity contribution < 1.29 is 13.2 Å². The molecule has 4 nitrogen and oxygen atoms in total. The Bertz CT molecular complexity index is 766. The molecule has 0 atom stereocenters. The number of sulfonamides is 1. The third-order valence-electron chi connectivity index (χ3n) is 2.58. The van der Waals surface area contributed by atoms with Gasteiger partial charge in [-0.1, -0.05) is 39.7 Å². The van der Waals surface area contributed by atoms with Gasteiger partial charge in [0.05, 0.1) is 5.02 Å². The lowest BCUT2D eigenvalue weighted by Gasteiger charge is -2.12. The van der Waals surface area contributed by atoms with E-state index < -0.39 is 10.0 Å². The van der Waals surface area contributed by atoms with E-state index in [1.54, 1.807) is 6.07 Å². The fourth-order valence-corrected chi connectivity index (χ4v) is 3.77. The molecule has 0 aliphatic heterocycles. The number of hydrogen-bond donors (Lipinski definition) is 1. The molecule has 112 valence electrons. The Kier molecular flexibility index (Phi) is 5.53. The summed E-state index contributed by atoms with van der Waals surface area (Å²) in [5, 5.41) is 5.38. The molecule has 8 heteroatoms. The van der Waals surface area contributed by atoms with Crippen LogP contribution in [-0.4, -0.2) is 8.42 Å². The van der Waals surface area contributed by atoms with Gasteiger partial charge in [0.1, 0.15) is 11.5 Å². The molecule has 2 aromatic rings. The first-order valence-electron chi connectivity index (χ1n) is 5.66. The van der Waals surface area contributed by atoms with Crippen LogP contribution in [0.2, 0.25) is 5.02 Å². The molecular formula is C13H10BrClINO3S. The predicted octanol–water partition coefficient (Wildman–Crippen LogP) is 3.93. The van der Waals surface area contributed by atoms with Crippen LogP contribution in [0.15, 0.2) is 45.8 Å². The lowest BCUT2D eigenvalue weighted by molar-refractivity contribution is 0.298. The Morgan fingerprint density at radius 1 is 1.24 bits per heavy atom. The summed E-state index contributed by atoms with van der Waals surface area (Å²) < 4.78 is 30.4. The number of hydrogen-bond acceptors (Lipinski definition) is 3. The minimum Gasteiger partial charge on any atom is -0.486 e. The standard InChI is InChI=1S/C13H10BrClINO3S/c14-9-5-11(15)13(12(6-9)21(17,18)19)20-7-8-1-3-10(16)4-2-8/h1-6H,7H2,(H2,17,18,19). The lowest BCUT2D eigenvalue weighted by atomic mass is 10.2. The maximum Gasteiger partial charge on any atom is 0.241 e. The van der Waals surface area contributed by atoms with Gasteiger partial charge in [-0.05, 0) is 52.4 Å². The first-order valence-corrected chi connectivity index (χ1v) is 9.46. The molecule has 0 amide bonds. The van der Waals surface area contributed by atoms with Crippen molar-refractivity contribution in [2.45, 2.75) is 11.5 Å². The molecule has 0 saturated heterocycles. The van der Waals surface area contributed by atoms with Crippen LogP contribution in [0.4, 0.5) is 0 Å². The van der Waals surface area contributed by atoms with Crippen LogP contribution in [0.1, 0.15) is 5.56 Å². The molecular weight excluding hydrogens is 492 g/mol. The van der Waals surface area contributed by atoms with Crippen molar-refractivity contribution in [3.8, 4) is 5.75 Å². The molecule has 0 unspecified atom stereocenters. The summed E-state index contributed by atoms with van der Waals surface area (Å²) in [5.41, 5.74) is 0.898. The van der Waals surface area contributed by atoms with Gasteiger partial charge in [-0.15, -0.1) is 0 Å². The number of rotatable bonds is 4. The highest BCUT2D eigenvalue weighted by molar-refractivity contribution is 14.1. The summed E-state index contributed by atoms with van der Waals surface area (Å²) in [6, 6.07) is 10.6. The van der Waals surface area contributed by atoms with Crippen molar-refractivity contribution >= 4 is 60.1 Å². The van der Waals surface area contributed by atoms with Crippen LogP contribution in [0, 0.1) is 3.57 Å². The molecule has 0 saturated carbocycles. The molecule has 0 spiro atoms. The monoisotopic (exact) mass is 501 g/mol. The zero-order chi connectivity index (χ0) is 15.6. The van der Waals surface area contributed by atoms with Gasteiger partial charge in [-0.2, -0.15) is 0 Å². The van der Waals surface area contributed by atoms with E-state index in [-0.39, 0.29) is 22.3 Å². The van der Waals surface area contributed by atoms with Crippen molar-refractivity contribution in [3.05, 3.63) is 55.0 Å². The fourth-order valence-electron chi connectivity index (χ4n) is 1.62. The number of ether oxygens (including phenoxy) is 1. The third kappa shape index (κ3) is 4.56. The molecule has 0 bridgehead atoms. The Balaban J connectivity index is 2.33. The molecule has 0 heterocycles. The smallest absolute Gasteiger partial charge is 0.241 e. The van der Waals surface area contributed by atoms with Crippen LogP contribution >= 0.6 is 50.1 Å². The first-order chi connectivity index (χ1) is 9.77. The summed E-state index contributed by atoms with van der Waals surface area (Å²) >= 11 is 11.4. The number of benzene rings is 2. The van der Waals surface area contributed by atoms with Gasteiger partial charge in [0, 0.05) is 8.04 Å². The highest BCUT2D eigenvalue weighted by Gasteiger charge is 2.19. The number of halogens is 3. The van der Waals surface area contributed by atoms with Crippen molar-refractivity contribution in [2.75, 3.05) is 0 Å². The van der Waals surface area contributed by atoms with E-state index in [4.69, 9.17) is 21.5 Å². The maximum atomic E-state index is 11.6. The van der Waals surface area contributed by atoms with Gasteiger partial charge in [-0.3, -0.25) is 0 Å². The van der Waals surface area contributed by atoms with Crippen LogP contribution in [0.3, 0.4) is 0 Å². The minimum absolute atomic E-state index is 0.0564. The fraction of sp³-hybridized carbons (Fsp3) is 0.0769. The van der Waals surface area contributed by atoms with E-state index in [0.717, 1.165) is 9.13 Å². The molecule has 0 fully saturated rings. The minimum atomic E-state index is -3.93. The van der Waals surface area contributed by atoms with E-state index in [1.165, 1.54) is 6.07 Å². The maximum absolute atomic E-state index is 11.6. The molecule has 0 aliphatic carbocycles. The van der Waals surface area contributed by atoms with E-state index in [2.05, 4.69) is 38.5 Å². The second-order valence-corrected chi connectivity index (χ2v) is 8.27. The normalized spacial score (nSPS) is 11.4. The number of nitrogens with two attached hydrogens (primary N) is 1. The summed E-state index contributed by atoms with van der Waals surface area (Å²) in [4.78, 5) is -0.146. The topological polar surface area (TPSA) is 69.4 Å². The molecule has 2 aromatic carbocycles. The van der Waals surface area contributed by atoms with Gasteiger partial charge in [0.15, 0.2) is 5.75 Å². The molecule has 0 aromatic heterocycles. The Morgan fingerprint density at radius 3 is 2.43 bits per heavy atom.